The number of carbonyl (C=O) groups is 1. The lowest BCUT2D eigenvalue weighted by atomic mass is 9.80. The minimum Gasteiger partial charge on any atom is -0.299 e. The van der Waals surface area contributed by atoms with Crippen molar-refractivity contribution >= 4 is 15.6 Å². The fraction of sp³-hybridized carbons (Fsp3) is 0.889. The summed E-state index contributed by atoms with van der Waals surface area (Å²) in [5.74, 6) is 0.158. The van der Waals surface area contributed by atoms with Crippen LogP contribution in [0.4, 0.5) is 0 Å². The predicted octanol–water partition coefficient (Wildman–Crippen LogP) is 0.541. The standard InChI is InChI=1S/C9H12O3S/c1-9-5-2-6(13(9,11)12)4-7(9)8(10)3-5/h5-7H,2-4H2,1H3. The van der Waals surface area contributed by atoms with Gasteiger partial charge >= 0.3 is 0 Å². The van der Waals surface area contributed by atoms with Crippen molar-refractivity contribution < 1.29 is 13.2 Å². The summed E-state index contributed by atoms with van der Waals surface area (Å²) in [5, 5.41) is -0.195. The minimum atomic E-state index is -2.98. The van der Waals surface area contributed by atoms with E-state index in [0.29, 0.717) is 12.8 Å². The SMILES string of the molecule is CC12C3CC(=O)C1CC(C3)S2(=O)=O. The Morgan fingerprint density at radius 2 is 2.08 bits per heavy atom. The van der Waals surface area contributed by atoms with E-state index in [1.54, 1.807) is 6.92 Å². The van der Waals surface area contributed by atoms with Gasteiger partial charge in [0.25, 0.3) is 0 Å². The molecule has 2 heterocycles. The average molecular weight is 200 g/mol. The Balaban J connectivity index is 2.29. The summed E-state index contributed by atoms with van der Waals surface area (Å²) in [6, 6.07) is 0. The Bertz CT molecular complexity index is 397. The number of hydrogen-bond acceptors (Lipinski definition) is 3. The second-order valence-electron chi connectivity index (χ2n) is 4.74. The molecular formula is C9H12O3S. The van der Waals surface area contributed by atoms with Gasteiger partial charge in [0.1, 0.15) is 5.78 Å². The molecule has 1 saturated carbocycles. The number of rotatable bonds is 0. The Morgan fingerprint density at radius 3 is 2.54 bits per heavy atom. The van der Waals surface area contributed by atoms with Gasteiger partial charge in [-0.15, -0.1) is 0 Å². The largest absolute Gasteiger partial charge is 0.299 e. The molecule has 0 radical (unpaired) electrons. The molecule has 4 atom stereocenters. The van der Waals surface area contributed by atoms with Gasteiger partial charge in [-0.25, -0.2) is 8.42 Å². The topological polar surface area (TPSA) is 51.2 Å². The van der Waals surface area contributed by atoms with Crippen molar-refractivity contribution in [2.24, 2.45) is 11.8 Å². The third-order valence-corrected chi connectivity index (χ3v) is 7.54. The van der Waals surface area contributed by atoms with Crippen molar-refractivity contribution in [2.75, 3.05) is 0 Å². The fourth-order valence-corrected chi connectivity index (χ4v) is 6.51. The number of Topliss-reactive ketones (excluding diaryl/α,β-unsaturated/α-hetero) is 1. The van der Waals surface area contributed by atoms with E-state index in [1.165, 1.54) is 0 Å². The first-order valence-corrected chi connectivity index (χ1v) is 6.28. The maximum Gasteiger partial charge on any atom is 0.159 e. The lowest BCUT2D eigenvalue weighted by Crippen LogP contribution is -2.36. The number of ketones is 1. The van der Waals surface area contributed by atoms with Crippen LogP contribution in [0.2, 0.25) is 0 Å². The molecule has 0 aromatic rings. The lowest BCUT2D eigenvalue weighted by molar-refractivity contribution is -0.120. The molecule has 4 heteroatoms. The summed E-state index contributed by atoms with van der Waals surface area (Å²) in [7, 11) is -2.98. The number of hydrogen-bond donors (Lipinski definition) is 0. The van der Waals surface area contributed by atoms with Crippen molar-refractivity contribution in [1.82, 2.24) is 0 Å². The second-order valence-corrected chi connectivity index (χ2v) is 7.38. The first kappa shape index (κ1) is 7.97. The van der Waals surface area contributed by atoms with Crippen LogP contribution < -0.4 is 0 Å². The molecule has 2 aliphatic heterocycles. The molecule has 3 fully saturated rings. The maximum atomic E-state index is 11.9. The molecule has 0 spiro atoms. The highest BCUT2D eigenvalue weighted by atomic mass is 32.2. The summed E-state index contributed by atoms with van der Waals surface area (Å²) in [4.78, 5) is 11.5. The van der Waals surface area contributed by atoms with Gasteiger partial charge in [0.15, 0.2) is 9.84 Å². The van der Waals surface area contributed by atoms with Crippen LogP contribution in [0.3, 0.4) is 0 Å². The third kappa shape index (κ3) is 0.592. The minimum absolute atomic E-state index is 0.133. The monoisotopic (exact) mass is 200 g/mol. The summed E-state index contributed by atoms with van der Waals surface area (Å²) in [6.07, 6.45) is 1.85. The molecule has 3 aliphatic rings. The zero-order chi connectivity index (χ0) is 9.43. The molecule has 3 nitrogen and oxygen atoms in total. The van der Waals surface area contributed by atoms with Crippen LogP contribution in [0.5, 0.6) is 0 Å². The van der Waals surface area contributed by atoms with E-state index in [-0.39, 0.29) is 22.9 Å². The first-order valence-electron chi connectivity index (χ1n) is 4.74. The molecule has 1 aliphatic carbocycles. The third-order valence-electron chi connectivity index (χ3n) is 4.44. The van der Waals surface area contributed by atoms with E-state index in [9.17, 15) is 13.2 Å². The molecule has 4 unspecified atom stereocenters. The lowest BCUT2D eigenvalue weighted by Gasteiger charge is -2.24. The zero-order valence-electron chi connectivity index (χ0n) is 7.49. The number of fused-ring (bicyclic) bond motifs is 1. The first-order chi connectivity index (χ1) is 5.98. The van der Waals surface area contributed by atoms with Crippen LogP contribution in [-0.4, -0.2) is 24.2 Å². The summed E-state index contributed by atoms with van der Waals surface area (Å²) < 4.78 is 23.2. The van der Waals surface area contributed by atoms with Gasteiger partial charge < -0.3 is 0 Å². The molecule has 0 aromatic heterocycles. The van der Waals surface area contributed by atoms with Crippen molar-refractivity contribution in [3.63, 3.8) is 0 Å². The van der Waals surface area contributed by atoms with Crippen LogP contribution in [0.15, 0.2) is 0 Å². The van der Waals surface area contributed by atoms with Gasteiger partial charge in [-0.2, -0.15) is 0 Å². The summed E-state index contributed by atoms with van der Waals surface area (Å²) >= 11 is 0. The van der Waals surface area contributed by atoms with E-state index >= 15 is 0 Å². The number of sulfone groups is 1. The predicted molar refractivity (Wildman–Crippen MR) is 47.0 cm³/mol. The Morgan fingerprint density at radius 1 is 1.38 bits per heavy atom. The van der Waals surface area contributed by atoms with E-state index in [2.05, 4.69) is 0 Å². The average Bonchev–Trinajstić information content (AvgIpc) is 2.43. The van der Waals surface area contributed by atoms with Gasteiger partial charge in [-0.3, -0.25) is 4.79 Å². The van der Waals surface area contributed by atoms with Crippen LogP contribution in [-0.2, 0) is 14.6 Å². The summed E-state index contributed by atoms with van der Waals surface area (Å²) in [5.41, 5.74) is 0. The molecule has 2 bridgehead atoms. The zero-order valence-corrected chi connectivity index (χ0v) is 8.30. The normalized spacial score (nSPS) is 56.1. The van der Waals surface area contributed by atoms with Crippen molar-refractivity contribution in [1.29, 1.82) is 0 Å². The molecule has 2 saturated heterocycles. The second kappa shape index (κ2) is 1.85. The molecule has 3 rings (SSSR count). The van der Waals surface area contributed by atoms with Gasteiger partial charge in [-0.05, 0) is 25.7 Å². The molecule has 13 heavy (non-hydrogen) atoms. The van der Waals surface area contributed by atoms with Crippen molar-refractivity contribution in [2.45, 2.75) is 36.2 Å². The smallest absolute Gasteiger partial charge is 0.159 e. The van der Waals surface area contributed by atoms with Crippen LogP contribution >= 0.6 is 0 Å². The van der Waals surface area contributed by atoms with E-state index in [1.807, 2.05) is 0 Å². The highest BCUT2D eigenvalue weighted by Gasteiger charge is 2.71. The summed E-state index contributed by atoms with van der Waals surface area (Å²) in [6.45, 7) is 1.79. The van der Waals surface area contributed by atoms with Crippen LogP contribution in [0, 0.1) is 11.8 Å². The van der Waals surface area contributed by atoms with Crippen LogP contribution in [0.1, 0.15) is 26.2 Å². The quantitative estimate of drug-likeness (QED) is 0.573. The van der Waals surface area contributed by atoms with E-state index in [0.717, 1.165) is 6.42 Å². The molecular weight excluding hydrogens is 188 g/mol. The van der Waals surface area contributed by atoms with Gasteiger partial charge in [0.2, 0.25) is 0 Å². The fourth-order valence-electron chi connectivity index (χ4n) is 3.59. The molecule has 0 amide bonds. The van der Waals surface area contributed by atoms with E-state index in [4.69, 9.17) is 0 Å². The maximum absolute atomic E-state index is 11.9. The Labute approximate surface area is 77.4 Å². The highest BCUT2D eigenvalue weighted by molar-refractivity contribution is 7.94. The molecule has 0 aromatic carbocycles. The Hall–Kier alpha value is -0.380. The highest BCUT2D eigenvalue weighted by Crippen LogP contribution is 2.61. The molecule has 0 N–H and O–H groups in total. The van der Waals surface area contributed by atoms with Gasteiger partial charge in [0, 0.05) is 12.3 Å². The number of carbonyl (C=O) groups excluding carboxylic acids is 1. The van der Waals surface area contributed by atoms with Gasteiger partial charge in [0.05, 0.1) is 10.00 Å². The van der Waals surface area contributed by atoms with Crippen molar-refractivity contribution in [3.8, 4) is 0 Å². The van der Waals surface area contributed by atoms with Crippen molar-refractivity contribution in [3.05, 3.63) is 0 Å². The Kier molecular flexibility index (Phi) is 1.13. The van der Waals surface area contributed by atoms with Gasteiger partial charge in [-0.1, -0.05) is 0 Å². The van der Waals surface area contributed by atoms with E-state index < -0.39 is 14.6 Å². The molecule has 72 valence electrons. The van der Waals surface area contributed by atoms with Crippen LogP contribution in [0.25, 0.3) is 0 Å².